The van der Waals surface area contributed by atoms with Crippen LogP contribution < -0.4 is 10.6 Å². The summed E-state index contributed by atoms with van der Waals surface area (Å²) in [6.07, 6.45) is 4.51. The first-order valence-corrected chi connectivity index (χ1v) is 13.1. The van der Waals surface area contributed by atoms with Gasteiger partial charge in [-0.3, -0.25) is 14.7 Å². The highest BCUT2D eigenvalue weighted by molar-refractivity contribution is 8.01. The highest BCUT2D eigenvalue weighted by Crippen LogP contribution is 2.51. The van der Waals surface area contributed by atoms with Gasteiger partial charge in [-0.05, 0) is 52.8 Å². The Morgan fingerprint density at radius 1 is 1.21 bits per heavy atom. The molecule has 0 spiro atoms. The van der Waals surface area contributed by atoms with E-state index in [0.717, 1.165) is 32.5 Å². The Bertz CT molecular complexity index is 1320. The normalized spacial score (nSPS) is 20.4. The second kappa shape index (κ2) is 9.49. The van der Waals surface area contributed by atoms with Gasteiger partial charge in [0.05, 0.1) is 33.7 Å². The SMILES string of the molecule is CCSc1sccc1C1C(C#N)=C(N)N(c2cccnc2)C2=C1C(=O)CC(c1ccccc1)C2. The number of hydrogen-bond donors (Lipinski definition) is 1. The Kier molecular flexibility index (Phi) is 6.27. The van der Waals surface area contributed by atoms with E-state index < -0.39 is 5.92 Å². The van der Waals surface area contributed by atoms with Gasteiger partial charge in [-0.2, -0.15) is 5.26 Å². The molecule has 1 aliphatic carbocycles. The van der Waals surface area contributed by atoms with Crippen molar-refractivity contribution in [3.8, 4) is 6.07 Å². The van der Waals surface area contributed by atoms with E-state index in [2.05, 4.69) is 30.1 Å². The molecule has 2 N–H and O–H groups in total. The number of allylic oxidation sites excluding steroid dienone is 3. The number of ketones is 1. The summed E-state index contributed by atoms with van der Waals surface area (Å²) in [5, 5.41) is 12.3. The summed E-state index contributed by atoms with van der Waals surface area (Å²) in [4.78, 5) is 20.0. The molecule has 5 rings (SSSR count). The Hall–Kier alpha value is -3.34. The molecule has 0 radical (unpaired) electrons. The van der Waals surface area contributed by atoms with Crippen LogP contribution in [0.25, 0.3) is 0 Å². The van der Waals surface area contributed by atoms with Crippen LogP contribution in [0, 0.1) is 11.3 Å². The van der Waals surface area contributed by atoms with Crippen LogP contribution in [0.5, 0.6) is 0 Å². The first-order chi connectivity index (χ1) is 16.6. The number of carbonyl (C=O) groups is 1. The average Bonchev–Trinajstić information content (AvgIpc) is 3.32. The minimum atomic E-state index is -0.447. The minimum absolute atomic E-state index is 0.0515. The van der Waals surface area contributed by atoms with E-state index >= 15 is 0 Å². The Morgan fingerprint density at radius 2 is 2.03 bits per heavy atom. The molecule has 2 aliphatic rings. The number of thiophene rings is 1. The molecule has 0 fully saturated rings. The van der Waals surface area contributed by atoms with Gasteiger partial charge in [0.25, 0.3) is 0 Å². The summed E-state index contributed by atoms with van der Waals surface area (Å²) in [5.41, 5.74) is 11.6. The van der Waals surface area contributed by atoms with Crippen molar-refractivity contribution in [2.24, 2.45) is 5.73 Å². The van der Waals surface area contributed by atoms with Gasteiger partial charge in [0.1, 0.15) is 5.82 Å². The average molecular weight is 485 g/mol. The van der Waals surface area contributed by atoms with Crippen LogP contribution in [-0.2, 0) is 4.79 Å². The number of Topliss-reactive ketones (excluding diaryl/α,β-unsaturated/α-hetero) is 1. The van der Waals surface area contributed by atoms with Crippen LogP contribution in [0.4, 0.5) is 5.69 Å². The quantitative estimate of drug-likeness (QED) is 0.450. The third-order valence-electron chi connectivity index (χ3n) is 6.39. The summed E-state index contributed by atoms with van der Waals surface area (Å²) >= 11 is 3.39. The molecule has 1 aromatic carbocycles. The number of nitriles is 1. The lowest BCUT2D eigenvalue weighted by molar-refractivity contribution is -0.116. The predicted molar refractivity (Wildman–Crippen MR) is 137 cm³/mol. The number of benzene rings is 1. The second-order valence-corrected chi connectivity index (χ2v) is 10.7. The van der Waals surface area contributed by atoms with Crippen molar-refractivity contribution in [3.05, 3.63) is 100 Å². The lowest BCUT2D eigenvalue weighted by atomic mass is 9.72. The first kappa shape index (κ1) is 22.5. The van der Waals surface area contributed by atoms with Crippen LogP contribution in [0.3, 0.4) is 0 Å². The molecule has 0 saturated carbocycles. The first-order valence-electron chi connectivity index (χ1n) is 11.2. The lowest BCUT2D eigenvalue weighted by Gasteiger charge is -2.41. The van der Waals surface area contributed by atoms with Crippen LogP contribution >= 0.6 is 23.1 Å². The van der Waals surface area contributed by atoms with Crippen molar-refractivity contribution < 1.29 is 4.79 Å². The Labute approximate surface area is 207 Å². The predicted octanol–water partition coefficient (Wildman–Crippen LogP) is 5.95. The van der Waals surface area contributed by atoms with Crippen molar-refractivity contribution >= 4 is 34.6 Å². The Morgan fingerprint density at radius 3 is 2.74 bits per heavy atom. The summed E-state index contributed by atoms with van der Waals surface area (Å²) in [6.45, 7) is 2.11. The van der Waals surface area contributed by atoms with Crippen molar-refractivity contribution in [3.63, 3.8) is 0 Å². The number of hydrogen-bond acceptors (Lipinski definition) is 7. The second-order valence-electron chi connectivity index (χ2n) is 8.29. The van der Waals surface area contributed by atoms with E-state index in [-0.39, 0.29) is 11.7 Å². The maximum atomic E-state index is 13.9. The minimum Gasteiger partial charge on any atom is -0.384 e. The highest BCUT2D eigenvalue weighted by Gasteiger charge is 2.43. The zero-order valence-electron chi connectivity index (χ0n) is 18.8. The molecule has 0 amide bonds. The van der Waals surface area contributed by atoms with Crippen molar-refractivity contribution in [1.82, 2.24) is 4.98 Å². The molecule has 0 bridgehead atoms. The zero-order chi connectivity index (χ0) is 23.7. The monoisotopic (exact) mass is 484 g/mol. The molecule has 3 heterocycles. The smallest absolute Gasteiger partial charge is 0.162 e. The van der Waals surface area contributed by atoms with E-state index in [9.17, 15) is 10.1 Å². The summed E-state index contributed by atoms with van der Waals surface area (Å²) in [7, 11) is 0. The molecular weight excluding hydrogens is 460 g/mol. The van der Waals surface area contributed by atoms with E-state index in [1.54, 1.807) is 35.5 Å². The van der Waals surface area contributed by atoms with Crippen molar-refractivity contribution in [1.29, 1.82) is 5.26 Å². The van der Waals surface area contributed by atoms with Gasteiger partial charge in [-0.15, -0.1) is 23.1 Å². The standard InChI is InChI=1S/C27H24N4OS2/c1-2-33-27-20(10-12-34-27)24-21(15-28)26(29)31(19-9-6-11-30-16-19)22-13-18(14-23(32)25(22)24)17-7-4-3-5-8-17/h3-12,16,18,24H,2,13-14,29H2,1H3. The van der Waals surface area contributed by atoms with Gasteiger partial charge in [-0.1, -0.05) is 37.3 Å². The largest absolute Gasteiger partial charge is 0.384 e. The third-order valence-corrected chi connectivity index (χ3v) is 8.54. The maximum Gasteiger partial charge on any atom is 0.162 e. The molecule has 3 aromatic rings. The molecule has 5 nitrogen and oxygen atoms in total. The number of nitrogens with zero attached hydrogens (tertiary/aromatic N) is 3. The maximum absolute atomic E-state index is 13.9. The molecule has 1 aliphatic heterocycles. The van der Waals surface area contributed by atoms with E-state index in [1.807, 2.05) is 46.7 Å². The topological polar surface area (TPSA) is 83.0 Å². The van der Waals surface area contributed by atoms with Gasteiger partial charge in [0, 0.05) is 23.9 Å². The van der Waals surface area contributed by atoms with Crippen molar-refractivity contribution in [2.45, 2.75) is 35.8 Å². The fourth-order valence-corrected chi connectivity index (χ4v) is 7.02. The molecular formula is C27H24N4OS2. The fourth-order valence-electron chi connectivity index (χ4n) is 4.95. The number of anilines is 1. The van der Waals surface area contributed by atoms with Crippen LogP contribution in [0.2, 0.25) is 0 Å². The molecule has 7 heteroatoms. The number of thioether (sulfide) groups is 1. The fraction of sp³-hybridized carbons (Fsp3) is 0.222. The number of aromatic nitrogens is 1. The summed E-state index contributed by atoms with van der Waals surface area (Å²) < 4.78 is 1.13. The summed E-state index contributed by atoms with van der Waals surface area (Å²) in [6, 6.07) is 18.3. The molecule has 2 unspecified atom stereocenters. The summed E-state index contributed by atoms with van der Waals surface area (Å²) in [5.74, 6) is 0.972. The molecule has 2 aromatic heterocycles. The van der Waals surface area contributed by atoms with Gasteiger partial charge < -0.3 is 5.73 Å². The Balaban J connectivity index is 1.72. The van der Waals surface area contributed by atoms with Crippen LogP contribution in [0.15, 0.2) is 93.2 Å². The third kappa shape index (κ3) is 3.83. The lowest BCUT2D eigenvalue weighted by Crippen LogP contribution is -2.40. The number of nitrogens with two attached hydrogens (primary N) is 1. The number of pyridine rings is 1. The van der Waals surface area contributed by atoms with Crippen molar-refractivity contribution in [2.75, 3.05) is 10.7 Å². The van der Waals surface area contributed by atoms with Gasteiger partial charge in [0.15, 0.2) is 5.78 Å². The van der Waals surface area contributed by atoms with E-state index in [4.69, 9.17) is 5.73 Å². The number of rotatable bonds is 5. The van der Waals surface area contributed by atoms with E-state index in [1.165, 1.54) is 0 Å². The molecule has 170 valence electrons. The number of carbonyl (C=O) groups excluding carboxylic acids is 1. The van der Waals surface area contributed by atoms with Gasteiger partial charge in [0.2, 0.25) is 0 Å². The molecule has 2 atom stereocenters. The molecule has 0 saturated heterocycles. The van der Waals surface area contributed by atoms with Crippen LogP contribution in [-0.4, -0.2) is 16.5 Å². The van der Waals surface area contributed by atoms with E-state index in [0.29, 0.717) is 29.8 Å². The van der Waals surface area contributed by atoms with Crippen LogP contribution in [0.1, 0.15) is 42.7 Å². The highest BCUT2D eigenvalue weighted by atomic mass is 32.2. The van der Waals surface area contributed by atoms with Gasteiger partial charge >= 0.3 is 0 Å². The molecule has 34 heavy (non-hydrogen) atoms. The van der Waals surface area contributed by atoms with Gasteiger partial charge in [-0.25, -0.2) is 0 Å². The zero-order valence-corrected chi connectivity index (χ0v) is 20.4.